The Morgan fingerprint density at radius 2 is 1.72 bits per heavy atom. The van der Waals surface area contributed by atoms with Gasteiger partial charge in [-0.1, -0.05) is 31.2 Å². The highest BCUT2D eigenvalue weighted by Crippen LogP contribution is 2.04. The highest BCUT2D eigenvalue weighted by Gasteiger charge is 2.04. The van der Waals surface area contributed by atoms with Gasteiger partial charge in [0, 0.05) is 12.1 Å². The number of nitrogens with zero attached hydrogens (tertiary/aromatic N) is 2. The Kier molecular flexibility index (Phi) is 4.47. The normalized spacial score (nSPS) is 11.3. The second-order valence-electron chi connectivity index (χ2n) is 4.06. The molecule has 92 valence electrons. The van der Waals surface area contributed by atoms with Crippen molar-refractivity contribution in [2.45, 2.75) is 19.9 Å². The van der Waals surface area contributed by atoms with Crippen LogP contribution < -0.4 is 9.99 Å². The molecule has 1 aromatic carbocycles. The number of rotatable bonds is 5. The fourth-order valence-corrected chi connectivity index (χ4v) is 1.63. The van der Waals surface area contributed by atoms with Gasteiger partial charge in [-0.05, 0) is 18.6 Å². The van der Waals surface area contributed by atoms with Crippen molar-refractivity contribution < 1.29 is 4.57 Å². The summed E-state index contributed by atoms with van der Waals surface area (Å²) in [5.74, 6) is 0. The summed E-state index contributed by atoms with van der Waals surface area (Å²) >= 11 is 0. The van der Waals surface area contributed by atoms with Crippen molar-refractivity contribution in [3.63, 3.8) is 0 Å². The molecule has 3 heteroatoms. The van der Waals surface area contributed by atoms with Gasteiger partial charge in [0.15, 0.2) is 18.9 Å². The Bertz CT molecular complexity index is 492. The number of para-hydroxylation sites is 1. The van der Waals surface area contributed by atoms with Crippen molar-refractivity contribution in [3.05, 3.63) is 60.9 Å². The first-order valence-corrected chi connectivity index (χ1v) is 6.19. The van der Waals surface area contributed by atoms with E-state index in [4.69, 9.17) is 0 Å². The standard InChI is InChI=1S/C15H18N3/c1-2-14(13-18-11-7-4-8-12-18)16-17-15-9-5-3-6-10-15/h3-12,17H,2,13H2,1H3/q+1/b16-14+. The van der Waals surface area contributed by atoms with Crippen LogP contribution in [0, 0.1) is 0 Å². The van der Waals surface area contributed by atoms with Gasteiger partial charge in [-0.15, -0.1) is 0 Å². The maximum Gasteiger partial charge on any atom is 0.188 e. The molecule has 0 aliphatic heterocycles. The van der Waals surface area contributed by atoms with Gasteiger partial charge in [-0.25, -0.2) is 0 Å². The molecular weight excluding hydrogens is 222 g/mol. The van der Waals surface area contributed by atoms with E-state index in [-0.39, 0.29) is 0 Å². The van der Waals surface area contributed by atoms with Crippen LogP contribution in [0.2, 0.25) is 0 Å². The van der Waals surface area contributed by atoms with E-state index in [2.05, 4.69) is 22.0 Å². The predicted octanol–water partition coefficient (Wildman–Crippen LogP) is 2.85. The topological polar surface area (TPSA) is 28.3 Å². The largest absolute Gasteiger partial charge is 0.278 e. The average Bonchev–Trinajstić information content (AvgIpc) is 2.45. The smallest absolute Gasteiger partial charge is 0.188 e. The molecule has 2 aromatic rings. The number of nitrogens with one attached hydrogen (secondary N) is 1. The molecule has 1 N–H and O–H groups in total. The molecular formula is C15H18N3+. The third-order valence-electron chi connectivity index (χ3n) is 2.67. The minimum Gasteiger partial charge on any atom is -0.278 e. The minimum absolute atomic E-state index is 0.817. The second-order valence-corrected chi connectivity index (χ2v) is 4.06. The van der Waals surface area contributed by atoms with Crippen molar-refractivity contribution in [2.24, 2.45) is 5.10 Å². The molecule has 2 rings (SSSR count). The van der Waals surface area contributed by atoms with Gasteiger partial charge in [0.05, 0.1) is 5.69 Å². The monoisotopic (exact) mass is 240 g/mol. The van der Waals surface area contributed by atoms with Crippen LogP contribution in [0.5, 0.6) is 0 Å². The lowest BCUT2D eigenvalue weighted by molar-refractivity contribution is -0.682. The second kappa shape index (κ2) is 6.55. The number of hydrazone groups is 1. The molecule has 0 aliphatic carbocycles. The van der Waals surface area contributed by atoms with E-state index in [1.807, 2.05) is 60.9 Å². The molecule has 0 saturated heterocycles. The van der Waals surface area contributed by atoms with Crippen molar-refractivity contribution in [3.8, 4) is 0 Å². The van der Waals surface area contributed by atoms with Crippen LogP contribution in [-0.4, -0.2) is 5.71 Å². The number of hydrogen-bond acceptors (Lipinski definition) is 2. The fourth-order valence-electron chi connectivity index (χ4n) is 1.63. The number of hydrogen-bond donors (Lipinski definition) is 1. The number of benzene rings is 1. The van der Waals surface area contributed by atoms with Gasteiger partial charge in [0.1, 0.15) is 5.71 Å². The van der Waals surface area contributed by atoms with Crippen LogP contribution in [0.1, 0.15) is 13.3 Å². The summed E-state index contributed by atoms with van der Waals surface area (Å²) < 4.78 is 2.12. The zero-order valence-electron chi connectivity index (χ0n) is 10.6. The number of pyridine rings is 1. The summed E-state index contributed by atoms with van der Waals surface area (Å²) in [5, 5.41) is 4.45. The molecule has 0 spiro atoms. The van der Waals surface area contributed by atoms with Crippen LogP contribution in [-0.2, 0) is 6.54 Å². The molecule has 0 fully saturated rings. The SMILES string of the molecule is CC/C(C[n+]1ccccc1)=N\Nc1ccccc1. The molecule has 0 atom stereocenters. The zero-order valence-corrected chi connectivity index (χ0v) is 10.6. The first-order chi connectivity index (χ1) is 8.88. The predicted molar refractivity (Wildman–Crippen MR) is 74.4 cm³/mol. The molecule has 0 radical (unpaired) electrons. The van der Waals surface area contributed by atoms with Gasteiger partial charge in [-0.2, -0.15) is 9.67 Å². The third kappa shape index (κ3) is 3.70. The third-order valence-corrected chi connectivity index (χ3v) is 2.67. The summed E-state index contributed by atoms with van der Waals surface area (Å²) in [5.41, 5.74) is 5.23. The number of aromatic nitrogens is 1. The first kappa shape index (κ1) is 12.3. The Balaban J connectivity index is 2.00. The molecule has 0 saturated carbocycles. The maximum atomic E-state index is 4.45. The fraction of sp³-hybridized carbons (Fsp3) is 0.200. The van der Waals surface area contributed by atoms with Crippen LogP contribution in [0.25, 0.3) is 0 Å². The number of anilines is 1. The maximum absolute atomic E-state index is 4.45. The minimum atomic E-state index is 0.817. The first-order valence-electron chi connectivity index (χ1n) is 6.19. The van der Waals surface area contributed by atoms with Gasteiger partial charge in [0.2, 0.25) is 0 Å². The van der Waals surface area contributed by atoms with Crippen LogP contribution in [0.15, 0.2) is 66.0 Å². The van der Waals surface area contributed by atoms with E-state index in [1.165, 1.54) is 0 Å². The molecule has 0 amide bonds. The Morgan fingerprint density at radius 1 is 1.06 bits per heavy atom. The van der Waals surface area contributed by atoms with E-state index in [0.29, 0.717) is 0 Å². The summed E-state index contributed by atoms with van der Waals surface area (Å²) in [6, 6.07) is 16.1. The Morgan fingerprint density at radius 3 is 2.39 bits per heavy atom. The Hall–Kier alpha value is -2.16. The van der Waals surface area contributed by atoms with Crippen molar-refractivity contribution >= 4 is 11.4 Å². The van der Waals surface area contributed by atoms with E-state index in [9.17, 15) is 0 Å². The molecule has 1 heterocycles. The molecule has 3 nitrogen and oxygen atoms in total. The van der Waals surface area contributed by atoms with Gasteiger partial charge in [0.25, 0.3) is 0 Å². The van der Waals surface area contributed by atoms with Gasteiger partial charge < -0.3 is 0 Å². The molecule has 0 unspecified atom stereocenters. The Labute approximate surface area is 108 Å². The van der Waals surface area contributed by atoms with E-state index >= 15 is 0 Å². The van der Waals surface area contributed by atoms with Crippen molar-refractivity contribution in [1.29, 1.82) is 0 Å². The summed E-state index contributed by atoms with van der Waals surface area (Å²) in [6.07, 6.45) is 5.03. The van der Waals surface area contributed by atoms with Crippen LogP contribution in [0.4, 0.5) is 5.69 Å². The van der Waals surface area contributed by atoms with Crippen LogP contribution >= 0.6 is 0 Å². The molecule has 1 aromatic heterocycles. The average molecular weight is 240 g/mol. The van der Waals surface area contributed by atoms with Crippen LogP contribution in [0.3, 0.4) is 0 Å². The molecule has 0 bridgehead atoms. The lowest BCUT2D eigenvalue weighted by Crippen LogP contribution is -2.36. The van der Waals surface area contributed by atoms with Crippen molar-refractivity contribution in [1.82, 2.24) is 0 Å². The highest BCUT2D eigenvalue weighted by atomic mass is 15.3. The highest BCUT2D eigenvalue weighted by molar-refractivity contribution is 5.83. The summed E-state index contributed by atoms with van der Waals surface area (Å²) in [4.78, 5) is 0. The quantitative estimate of drug-likeness (QED) is 0.486. The van der Waals surface area contributed by atoms with Crippen molar-refractivity contribution in [2.75, 3.05) is 5.43 Å². The van der Waals surface area contributed by atoms with Gasteiger partial charge >= 0.3 is 0 Å². The lowest BCUT2D eigenvalue weighted by atomic mass is 10.3. The van der Waals surface area contributed by atoms with Gasteiger partial charge in [-0.3, -0.25) is 5.43 Å². The summed E-state index contributed by atoms with van der Waals surface area (Å²) in [7, 11) is 0. The lowest BCUT2D eigenvalue weighted by Gasteiger charge is -2.03. The van der Waals surface area contributed by atoms with E-state index in [1.54, 1.807) is 0 Å². The van der Waals surface area contributed by atoms with E-state index in [0.717, 1.165) is 24.4 Å². The summed E-state index contributed by atoms with van der Waals surface area (Å²) in [6.45, 7) is 2.94. The zero-order chi connectivity index (χ0) is 12.6. The van der Waals surface area contributed by atoms with E-state index < -0.39 is 0 Å². The molecule has 18 heavy (non-hydrogen) atoms. The molecule has 0 aliphatic rings.